The highest BCUT2D eigenvalue weighted by molar-refractivity contribution is 5.91. The molecular formula is C11H16N2O3. The summed E-state index contributed by atoms with van der Waals surface area (Å²) in [5.74, 6) is 0.887. The van der Waals surface area contributed by atoms with E-state index < -0.39 is 0 Å². The molecule has 88 valence electrons. The van der Waals surface area contributed by atoms with Crippen LogP contribution >= 0.6 is 0 Å². The third kappa shape index (κ3) is 2.43. The Morgan fingerprint density at radius 3 is 3.00 bits per heavy atom. The summed E-state index contributed by atoms with van der Waals surface area (Å²) in [5.41, 5.74) is 0. The van der Waals surface area contributed by atoms with E-state index in [1.165, 1.54) is 0 Å². The number of nitrogens with one attached hydrogen (secondary N) is 2. The van der Waals surface area contributed by atoms with Gasteiger partial charge in [-0.1, -0.05) is 0 Å². The topological polar surface area (TPSA) is 74.5 Å². The van der Waals surface area contributed by atoms with Crippen LogP contribution in [-0.4, -0.2) is 36.8 Å². The second-order valence-electron chi connectivity index (χ2n) is 4.11. The molecule has 0 radical (unpaired) electrons. The summed E-state index contributed by atoms with van der Waals surface area (Å²) in [6.07, 6.45) is -0.376. The third-order valence-electron chi connectivity index (χ3n) is 2.79. The van der Waals surface area contributed by atoms with E-state index in [1.807, 2.05) is 0 Å². The number of carbonyl (C=O) groups is 1. The Morgan fingerprint density at radius 2 is 2.44 bits per heavy atom. The Balaban J connectivity index is 1.84. The molecule has 1 aromatic heterocycles. The largest absolute Gasteiger partial charge is 0.456 e. The fourth-order valence-electron chi connectivity index (χ4n) is 1.79. The highest BCUT2D eigenvalue weighted by Gasteiger charge is 2.25. The number of aliphatic hydroxyl groups excluding tert-OH is 1. The van der Waals surface area contributed by atoms with Crippen molar-refractivity contribution >= 4 is 5.91 Å². The fourth-order valence-corrected chi connectivity index (χ4v) is 1.79. The van der Waals surface area contributed by atoms with Crippen molar-refractivity contribution in [3.63, 3.8) is 0 Å². The normalized spacial score (nSPS) is 24.6. The first-order valence-corrected chi connectivity index (χ1v) is 5.40. The second-order valence-corrected chi connectivity index (χ2v) is 4.11. The lowest BCUT2D eigenvalue weighted by Gasteiger charge is -2.13. The zero-order chi connectivity index (χ0) is 11.5. The van der Waals surface area contributed by atoms with Gasteiger partial charge in [0.15, 0.2) is 5.76 Å². The number of hydrogen-bond acceptors (Lipinski definition) is 4. The molecule has 1 aromatic rings. The molecule has 1 aliphatic heterocycles. The number of hydrogen-bond donors (Lipinski definition) is 3. The zero-order valence-corrected chi connectivity index (χ0v) is 9.19. The zero-order valence-electron chi connectivity index (χ0n) is 9.19. The van der Waals surface area contributed by atoms with Crippen LogP contribution in [0, 0.1) is 12.8 Å². The maximum atomic E-state index is 11.6. The summed E-state index contributed by atoms with van der Waals surface area (Å²) in [6, 6.07) is 3.40. The Morgan fingerprint density at radius 1 is 1.62 bits per heavy atom. The first kappa shape index (κ1) is 11.2. The monoisotopic (exact) mass is 224 g/mol. The van der Waals surface area contributed by atoms with E-state index in [4.69, 9.17) is 4.42 Å². The van der Waals surface area contributed by atoms with Gasteiger partial charge in [0.25, 0.3) is 5.91 Å². The molecule has 0 bridgehead atoms. The third-order valence-corrected chi connectivity index (χ3v) is 2.79. The maximum Gasteiger partial charge on any atom is 0.287 e. The summed E-state index contributed by atoms with van der Waals surface area (Å²) in [6.45, 7) is 3.59. The molecule has 2 rings (SSSR count). The van der Waals surface area contributed by atoms with Crippen LogP contribution in [0.25, 0.3) is 0 Å². The molecule has 3 N–H and O–H groups in total. The molecule has 5 heteroatoms. The van der Waals surface area contributed by atoms with E-state index in [0.717, 1.165) is 6.54 Å². The summed E-state index contributed by atoms with van der Waals surface area (Å²) in [4.78, 5) is 11.6. The van der Waals surface area contributed by atoms with Gasteiger partial charge in [-0.3, -0.25) is 4.79 Å². The minimum atomic E-state index is -0.376. The summed E-state index contributed by atoms with van der Waals surface area (Å²) in [7, 11) is 0. The Kier molecular flexibility index (Phi) is 3.26. The number of amides is 1. The summed E-state index contributed by atoms with van der Waals surface area (Å²) < 4.78 is 5.20. The lowest BCUT2D eigenvalue weighted by molar-refractivity contribution is 0.0898. The van der Waals surface area contributed by atoms with E-state index in [0.29, 0.717) is 24.6 Å². The molecule has 1 fully saturated rings. The predicted octanol–water partition coefficient (Wildman–Crippen LogP) is -0.102. The minimum absolute atomic E-state index is 0.0833. The van der Waals surface area contributed by atoms with E-state index in [9.17, 15) is 9.90 Å². The molecule has 0 saturated carbocycles. The van der Waals surface area contributed by atoms with Gasteiger partial charge in [0.05, 0.1) is 6.10 Å². The van der Waals surface area contributed by atoms with E-state index in [-0.39, 0.29) is 17.9 Å². The molecule has 2 unspecified atom stereocenters. The SMILES string of the molecule is Cc1ccc(C(=O)NCC2CNCC2O)o1. The highest BCUT2D eigenvalue weighted by Crippen LogP contribution is 2.09. The average Bonchev–Trinajstić information content (AvgIpc) is 2.84. The van der Waals surface area contributed by atoms with E-state index in [1.54, 1.807) is 19.1 Å². The van der Waals surface area contributed by atoms with Crippen molar-refractivity contribution in [2.24, 2.45) is 5.92 Å². The smallest absolute Gasteiger partial charge is 0.287 e. The van der Waals surface area contributed by atoms with Crippen LogP contribution in [0.3, 0.4) is 0 Å². The van der Waals surface area contributed by atoms with Gasteiger partial charge in [0.1, 0.15) is 5.76 Å². The van der Waals surface area contributed by atoms with E-state index in [2.05, 4.69) is 10.6 Å². The van der Waals surface area contributed by atoms with Gasteiger partial charge >= 0.3 is 0 Å². The van der Waals surface area contributed by atoms with Crippen molar-refractivity contribution in [1.29, 1.82) is 0 Å². The standard InChI is InChI=1S/C11H16N2O3/c1-7-2-3-10(16-7)11(15)13-5-8-4-12-6-9(8)14/h2-3,8-9,12,14H,4-6H2,1H3,(H,13,15). The van der Waals surface area contributed by atoms with Gasteiger partial charge < -0.3 is 20.2 Å². The first-order valence-electron chi connectivity index (χ1n) is 5.40. The van der Waals surface area contributed by atoms with Gasteiger partial charge in [0.2, 0.25) is 0 Å². The van der Waals surface area contributed by atoms with Crippen molar-refractivity contribution in [2.45, 2.75) is 13.0 Å². The first-order chi connectivity index (χ1) is 7.66. The van der Waals surface area contributed by atoms with Gasteiger partial charge in [-0.05, 0) is 19.1 Å². The average molecular weight is 224 g/mol. The molecule has 2 atom stereocenters. The quantitative estimate of drug-likeness (QED) is 0.670. The number of rotatable bonds is 3. The Labute approximate surface area is 93.8 Å². The molecule has 5 nitrogen and oxygen atoms in total. The van der Waals surface area contributed by atoms with Gasteiger partial charge in [-0.15, -0.1) is 0 Å². The second kappa shape index (κ2) is 4.67. The summed E-state index contributed by atoms with van der Waals surface area (Å²) in [5, 5.41) is 15.4. The molecule has 16 heavy (non-hydrogen) atoms. The maximum absolute atomic E-state index is 11.6. The Bertz CT molecular complexity index is 375. The van der Waals surface area contributed by atoms with Crippen LogP contribution in [0.4, 0.5) is 0 Å². The number of aryl methyl sites for hydroxylation is 1. The number of carbonyl (C=O) groups excluding carboxylic acids is 1. The molecule has 2 heterocycles. The Hall–Kier alpha value is -1.33. The van der Waals surface area contributed by atoms with Crippen LogP contribution < -0.4 is 10.6 Å². The van der Waals surface area contributed by atoms with Gasteiger partial charge in [0, 0.05) is 25.6 Å². The molecular weight excluding hydrogens is 208 g/mol. The number of aliphatic hydroxyl groups is 1. The minimum Gasteiger partial charge on any atom is -0.456 e. The molecule has 0 spiro atoms. The number of furan rings is 1. The summed E-state index contributed by atoms with van der Waals surface area (Å²) >= 11 is 0. The van der Waals surface area contributed by atoms with Gasteiger partial charge in [-0.25, -0.2) is 0 Å². The lowest BCUT2D eigenvalue weighted by atomic mass is 10.1. The van der Waals surface area contributed by atoms with E-state index >= 15 is 0 Å². The van der Waals surface area contributed by atoms with Gasteiger partial charge in [-0.2, -0.15) is 0 Å². The van der Waals surface area contributed by atoms with Crippen molar-refractivity contribution in [2.75, 3.05) is 19.6 Å². The lowest BCUT2D eigenvalue weighted by Crippen LogP contribution is -2.34. The fraction of sp³-hybridized carbons (Fsp3) is 0.545. The van der Waals surface area contributed by atoms with Crippen LogP contribution in [0.5, 0.6) is 0 Å². The van der Waals surface area contributed by atoms with Crippen molar-refractivity contribution in [1.82, 2.24) is 10.6 Å². The molecule has 0 aromatic carbocycles. The molecule has 1 aliphatic rings. The van der Waals surface area contributed by atoms with Crippen molar-refractivity contribution < 1.29 is 14.3 Å². The van der Waals surface area contributed by atoms with Crippen molar-refractivity contribution in [3.05, 3.63) is 23.7 Å². The highest BCUT2D eigenvalue weighted by atomic mass is 16.3. The van der Waals surface area contributed by atoms with Crippen LogP contribution in [-0.2, 0) is 0 Å². The number of β-amino-alcohol motifs (C(OH)–C–C–N with tert-alkyl or cyclic N) is 1. The van der Waals surface area contributed by atoms with Crippen LogP contribution in [0.2, 0.25) is 0 Å². The van der Waals surface area contributed by atoms with Crippen LogP contribution in [0.15, 0.2) is 16.5 Å². The molecule has 1 saturated heterocycles. The molecule has 1 amide bonds. The van der Waals surface area contributed by atoms with Crippen LogP contribution in [0.1, 0.15) is 16.3 Å². The van der Waals surface area contributed by atoms with Crippen molar-refractivity contribution in [3.8, 4) is 0 Å². The molecule has 0 aliphatic carbocycles. The predicted molar refractivity (Wildman–Crippen MR) is 58.1 cm³/mol.